The Morgan fingerprint density at radius 2 is 1.76 bits per heavy atom. The van der Waals surface area contributed by atoms with Gasteiger partial charge in [-0.1, -0.05) is 42.5 Å². The van der Waals surface area contributed by atoms with Crippen LogP contribution in [0.15, 0.2) is 60.7 Å². The summed E-state index contributed by atoms with van der Waals surface area (Å²) in [6.45, 7) is 1.05. The Hall–Kier alpha value is -5.04. The minimum atomic E-state index is -1.03. The van der Waals surface area contributed by atoms with Gasteiger partial charge in [-0.25, -0.2) is 4.39 Å². The van der Waals surface area contributed by atoms with E-state index in [1.54, 1.807) is 4.90 Å². The Kier molecular flexibility index (Phi) is 12.2. The maximum absolute atomic E-state index is 14.6. The number of ether oxygens (including phenoxy) is 1. The zero-order valence-electron chi connectivity index (χ0n) is 29.7. The molecule has 2 N–H and O–H groups in total. The lowest BCUT2D eigenvalue weighted by atomic mass is 10.0. The Bertz CT molecular complexity index is 1760. The summed E-state index contributed by atoms with van der Waals surface area (Å²) in [5.41, 5.74) is 0.803. The minimum absolute atomic E-state index is 0.0121. The Morgan fingerprint density at radius 3 is 2.55 bits per heavy atom. The van der Waals surface area contributed by atoms with Gasteiger partial charge in [-0.3, -0.25) is 24.0 Å². The van der Waals surface area contributed by atoms with E-state index in [1.165, 1.54) is 36.0 Å². The van der Waals surface area contributed by atoms with Crippen LogP contribution < -0.4 is 15.4 Å². The van der Waals surface area contributed by atoms with Crippen molar-refractivity contribution in [3.8, 4) is 5.75 Å². The van der Waals surface area contributed by atoms with Gasteiger partial charge in [0, 0.05) is 39.6 Å². The molecular formula is C38H47FN6O6. The molecule has 2 aliphatic rings. The summed E-state index contributed by atoms with van der Waals surface area (Å²) in [7, 11) is 6.82. The standard InChI is InChI=1S/C38H47FN6O6/c1-42(2)18-8-17-40-37(49)32-14-16-35(47)43(3)23-36(48)45-22-28(41-34(46)19-26-11-7-10-25-9-5-6-12-30(25)26)21-29(45)24-51-33-15-13-27(39)20-31(33)38(50)44(32)4/h5-7,9-13,15,20,28-29,32H,8,14,16-19,21-24H2,1-4H3,(H,40,49)(H,41,46)/t28-,29-,32+/m0/s1. The van der Waals surface area contributed by atoms with Crippen molar-refractivity contribution in [2.45, 2.75) is 50.2 Å². The molecule has 2 heterocycles. The highest BCUT2D eigenvalue weighted by atomic mass is 19.1. The van der Waals surface area contributed by atoms with Crippen LogP contribution in [0.2, 0.25) is 0 Å². The molecule has 0 radical (unpaired) electrons. The molecule has 1 saturated heterocycles. The molecule has 0 aromatic heterocycles. The Labute approximate surface area is 297 Å². The van der Waals surface area contributed by atoms with E-state index in [1.807, 2.05) is 61.5 Å². The second kappa shape index (κ2) is 16.8. The number of nitrogens with one attached hydrogen (secondary N) is 2. The van der Waals surface area contributed by atoms with Crippen molar-refractivity contribution in [2.75, 3.05) is 61.0 Å². The smallest absolute Gasteiger partial charge is 0.258 e. The molecule has 13 heteroatoms. The van der Waals surface area contributed by atoms with Crippen molar-refractivity contribution >= 4 is 40.3 Å². The summed E-state index contributed by atoms with van der Waals surface area (Å²) in [6, 6.07) is 15.3. The van der Waals surface area contributed by atoms with Gasteiger partial charge in [0.05, 0.1) is 24.6 Å². The number of hydrogen-bond donors (Lipinski definition) is 2. The third-order valence-corrected chi connectivity index (χ3v) is 9.54. The van der Waals surface area contributed by atoms with Crippen LogP contribution in [0.5, 0.6) is 5.75 Å². The fourth-order valence-corrected chi connectivity index (χ4v) is 6.75. The van der Waals surface area contributed by atoms with Crippen LogP contribution in [0, 0.1) is 5.82 Å². The normalized spacial score (nSPS) is 20.4. The summed E-state index contributed by atoms with van der Waals surface area (Å²) in [5.74, 6) is -2.54. The summed E-state index contributed by atoms with van der Waals surface area (Å²) in [4.78, 5) is 73.6. The molecule has 0 spiro atoms. The SMILES string of the molecule is CN(C)CCCNC(=O)[C@H]1CCC(=O)N(C)CC(=O)N2C[C@@H](NC(=O)Cc3cccc4ccccc34)C[C@H]2COc2ccc(F)cc2C(=O)N1C. The second-order valence-corrected chi connectivity index (χ2v) is 13.6. The third kappa shape index (κ3) is 9.40. The highest BCUT2D eigenvalue weighted by Gasteiger charge is 2.38. The first-order chi connectivity index (χ1) is 24.4. The van der Waals surface area contributed by atoms with Crippen LogP contribution in [0.1, 0.15) is 41.6 Å². The molecule has 51 heavy (non-hydrogen) atoms. The Balaban J connectivity index is 1.35. The predicted molar refractivity (Wildman–Crippen MR) is 191 cm³/mol. The van der Waals surface area contributed by atoms with E-state index in [-0.39, 0.29) is 74.0 Å². The molecule has 1 fully saturated rings. The summed E-state index contributed by atoms with van der Waals surface area (Å²) >= 11 is 0. The van der Waals surface area contributed by atoms with Crippen molar-refractivity contribution in [3.05, 3.63) is 77.6 Å². The van der Waals surface area contributed by atoms with E-state index >= 15 is 0 Å². The third-order valence-electron chi connectivity index (χ3n) is 9.54. The quantitative estimate of drug-likeness (QED) is 0.345. The fraction of sp³-hybridized carbons (Fsp3) is 0.447. The zero-order valence-corrected chi connectivity index (χ0v) is 29.7. The number of fused-ring (bicyclic) bond motifs is 3. The second-order valence-electron chi connectivity index (χ2n) is 13.6. The van der Waals surface area contributed by atoms with Gasteiger partial charge in [0.1, 0.15) is 24.2 Å². The minimum Gasteiger partial charge on any atom is -0.491 e. The number of benzene rings is 3. The first kappa shape index (κ1) is 37.2. The summed E-state index contributed by atoms with van der Waals surface area (Å²) in [6.07, 6.45) is 1.09. The number of amides is 5. The van der Waals surface area contributed by atoms with Gasteiger partial charge < -0.3 is 35.0 Å². The molecule has 0 aliphatic carbocycles. The molecule has 272 valence electrons. The first-order valence-corrected chi connectivity index (χ1v) is 17.3. The number of nitrogens with zero attached hydrogens (tertiary/aromatic N) is 4. The molecule has 5 rings (SSSR count). The first-order valence-electron chi connectivity index (χ1n) is 17.3. The monoisotopic (exact) mass is 702 g/mol. The largest absolute Gasteiger partial charge is 0.491 e. The lowest BCUT2D eigenvalue weighted by Crippen LogP contribution is -2.49. The number of carbonyl (C=O) groups excluding carboxylic acids is 5. The van der Waals surface area contributed by atoms with E-state index < -0.39 is 29.7 Å². The van der Waals surface area contributed by atoms with Gasteiger partial charge in [0.25, 0.3) is 5.91 Å². The van der Waals surface area contributed by atoms with E-state index in [0.29, 0.717) is 19.4 Å². The van der Waals surface area contributed by atoms with Crippen LogP contribution in [-0.4, -0.2) is 128 Å². The maximum Gasteiger partial charge on any atom is 0.258 e. The number of rotatable bonds is 8. The van der Waals surface area contributed by atoms with Gasteiger partial charge in [0.2, 0.25) is 23.6 Å². The predicted octanol–water partition coefficient (Wildman–Crippen LogP) is 2.45. The van der Waals surface area contributed by atoms with Crippen molar-refractivity contribution in [1.29, 1.82) is 0 Å². The summed E-state index contributed by atoms with van der Waals surface area (Å²) in [5, 5.41) is 7.96. The Morgan fingerprint density at radius 1 is 1.00 bits per heavy atom. The van der Waals surface area contributed by atoms with Crippen molar-refractivity contribution in [1.82, 2.24) is 30.2 Å². The number of hydrogen-bond acceptors (Lipinski definition) is 7. The fourth-order valence-electron chi connectivity index (χ4n) is 6.75. The molecule has 2 aliphatic heterocycles. The van der Waals surface area contributed by atoms with E-state index in [0.717, 1.165) is 28.9 Å². The average Bonchev–Trinajstić information content (AvgIpc) is 3.51. The van der Waals surface area contributed by atoms with Gasteiger partial charge in [-0.05, 0) is 74.4 Å². The highest BCUT2D eigenvalue weighted by Crippen LogP contribution is 2.27. The van der Waals surface area contributed by atoms with Crippen LogP contribution in [0.25, 0.3) is 10.8 Å². The molecule has 0 unspecified atom stereocenters. The average molecular weight is 703 g/mol. The van der Waals surface area contributed by atoms with Crippen LogP contribution >= 0.6 is 0 Å². The van der Waals surface area contributed by atoms with E-state index in [9.17, 15) is 28.4 Å². The van der Waals surface area contributed by atoms with Crippen LogP contribution in [0.3, 0.4) is 0 Å². The lowest BCUT2D eigenvalue weighted by molar-refractivity contribution is -0.140. The summed E-state index contributed by atoms with van der Waals surface area (Å²) < 4.78 is 20.7. The van der Waals surface area contributed by atoms with Gasteiger partial charge in [-0.15, -0.1) is 0 Å². The zero-order chi connectivity index (χ0) is 36.7. The molecule has 0 saturated carbocycles. The molecule has 5 amide bonds. The number of carbonyl (C=O) groups is 5. The van der Waals surface area contributed by atoms with E-state index in [2.05, 4.69) is 10.6 Å². The van der Waals surface area contributed by atoms with Crippen molar-refractivity contribution in [3.63, 3.8) is 0 Å². The molecule has 0 bridgehead atoms. The lowest BCUT2D eigenvalue weighted by Gasteiger charge is -2.28. The molecule has 3 atom stereocenters. The molecule has 3 aromatic carbocycles. The molecule has 12 nitrogen and oxygen atoms in total. The van der Waals surface area contributed by atoms with Crippen molar-refractivity contribution < 1.29 is 33.1 Å². The molecular weight excluding hydrogens is 655 g/mol. The number of halogens is 1. The highest BCUT2D eigenvalue weighted by molar-refractivity contribution is 6.00. The van der Waals surface area contributed by atoms with Crippen LogP contribution in [-0.2, 0) is 25.6 Å². The van der Waals surface area contributed by atoms with Gasteiger partial charge in [-0.2, -0.15) is 0 Å². The van der Waals surface area contributed by atoms with Crippen molar-refractivity contribution in [2.24, 2.45) is 0 Å². The number of likely N-dealkylation sites (N-methyl/N-ethyl adjacent to an activating group) is 2. The van der Waals surface area contributed by atoms with Gasteiger partial charge >= 0.3 is 0 Å². The molecule has 3 aromatic rings. The van der Waals surface area contributed by atoms with Crippen LogP contribution in [0.4, 0.5) is 4.39 Å². The van der Waals surface area contributed by atoms with E-state index in [4.69, 9.17) is 4.74 Å². The maximum atomic E-state index is 14.6. The van der Waals surface area contributed by atoms with Gasteiger partial charge in [0.15, 0.2) is 0 Å². The topological polar surface area (TPSA) is 132 Å².